The highest BCUT2D eigenvalue weighted by molar-refractivity contribution is 9.11. The van der Waals surface area contributed by atoms with Crippen LogP contribution in [0.4, 0.5) is 0 Å². The molecule has 0 aliphatic rings. The van der Waals surface area contributed by atoms with Crippen LogP contribution in [0.3, 0.4) is 0 Å². The molecule has 9 N–H and O–H groups in total. The lowest BCUT2D eigenvalue weighted by Crippen LogP contribution is -2.05. The Bertz CT molecular complexity index is 3920. The largest absolute Gasteiger partial charge is 0.476 e. The highest BCUT2D eigenvalue weighted by Crippen LogP contribution is 2.24. The Kier molecular flexibility index (Phi) is 16.5. The van der Waals surface area contributed by atoms with E-state index in [1.807, 2.05) is 12.3 Å². The van der Waals surface area contributed by atoms with Crippen molar-refractivity contribution >= 4 is 138 Å². The summed E-state index contributed by atoms with van der Waals surface area (Å²) >= 11 is 9.83. The predicted molar refractivity (Wildman–Crippen MR) is 266 cm³/mol. The summed E-state index contributed by atoms with van der Waals surface area (Å²) in [5.74, 6) is -3.06. The van der Waals surface area contributed by atoms with Crippen LogP contribution in [0.25, 0.3) is 66.2 Å². The topological polar surface area (TPSA) is 397 Å². The first kappa shape index (κ1) is 50.7. The van der Waals surface area contributed by atoms with Gasteiger partial charge in [0, 0.05) is 37.2 Å². The number of rotatable bonds is 4. The van der Waals surface area contributed by atoms with Gasteiger partial charge in [-0.1, -0.05) is 0 Å². The molecule has 27 nitrogen and oxygen atoms in total. The molecule has 0 saturated carbocycles. The quantitative estimate of drug-likeness (QED) is 0.0689. The second-order valence-electron chi connectivity index (χ2n) is 13.6. The third-order valence-electron chi connectivity index (χ3n) is 9.34. The van der Waals surface area contributed by atoms with Crippen LogP contribution >= 0.6 is 47.8 Å². The molecule has 0 spiro atoms. The Balaban J connectivity index is 0.000000127. The summed E-state index contributed by atoms with van der Waals surface area (Å²) < 4.78 is 11.5. The maximum absolute atomic E-state index is 11.3. The number of nitrogens with zero attached hydrogens (tertiary/aromatic N) is 11. The molecule has 0 aliphatic heterocycles. The van der Waals surface area contributed by atoms with Gasteiger partial charge in [-0.15, -0.1) is 0 Å². The summed E-state index contributed by atoms with van der Waals surface area (Å²) in [5.41, 5.74) is 8.10. The molecule has 12 rings (SSSR count). The van der Waals surface area contributed by atoms with Gasteiger partial charge in [0.2, 0.25) is 0 Å². The highest BCUT2D eigenvalue weighted by atomic mass is 79.9. The lowest BCUT2D eigenvalue weighted by molar-refractivity contribution is 0.0587. The molecule has 12 aromatic heterocycles. The first-order chi connectivity index (χ1) is 34.8. The molecule has 72 heavy (non-hydrogen) atoms. The maximum Gasteiger partial charge on any atom is 0.358 e. The van der Waals surface area contributed by atoms with Crippen LogP contribution < -0.4 is 5.56 Å². The zero-order valence-corrected chi connectivity index (χ0v) is 41.3. The molecule has 0 bridgehead atoms. The van der Waals surface area contributed by atoms with Crippen molar-refractivity contribution in [2.45, 2.75) is 0 Å². The molecular weight excluding hydrogens is 1140 g/mol. The van der Waals surface area contributed by atoms with Crippen LogP contribution in [0, 0.1) is 0 Å². The maximum atomic E-state index is 11.3. The zero-order chi connectivity index (χ0) is 51.3. The standard InChI is InChI=1S/C8H6BrN3O2.C8H7N3O2.C7H4BrN3O2.C7H5N3O2.C6H4BrN3.C6H5N3O/c1-14-8(13)7-6-5(11-3-12-7)4(9)2-10-6;1-13-8(12)7-6-5(2-3-9-6)10-4-11-7;8-3-1-9-5-4(3)10-2-11-6(5)7(12)13;11-7(12)6-5-4(1-2-8-5)9-3-10-6;7-6-5-4(1-2-8-5)9-3-10-6;10-6-5-4(1-2-7-5)8-3-9-6/h2-3,10H,1H3;2-4,9H,1H3;1-2,9H,(H,12,13);1-3,8H,(H,11,12);1-3,8H;1-3,7H,(H,8,9,10). The first-order valence-corrected chi connectivity index (χ1v) is 22.3. The Labute approximate surface area is 424 Å². The molecule has 0 saturated heterocycles. The van der Waals surface area contributed by atoms with Crippen molar-refractivity contribution in [1.82, 2.24) is 89.7 Å². The van der Waals surface area contributed by atoms with Crippen LogP contribution in [0.15, 0.2) is 118 Å². The number of hydrogen-bond acceptors (Lipinski definition) is 18. The number of ether oxygens (including phenoxy) is 2. The van der Waals surface area contributed by atoms with Gasteiger partial charge >= 0.3 is 23.9 Å². The minimum Gasteiger partial charge on any atom is -0.476 e. The minimum atomic E-state index is -1.07. The summed E-state index contributed by atoms with van der Waals surface area (Å²) in [6.07, 6.45) is 18.2. The second kappa shape index (κ2) is 23.4. The second-order valence-corrected chi connectivity index (χ2v) is 16.0. The molecular formula is C42H31Br3N18O9. The van der Waals surface area contributed by atoms with E-state index in [1.54, 1.807) is 49.2 Å². The summed E-state index contributed by atoms with van der Waals surface area (Å²) in [7, 11) is 2.63. The van der Waals surface area contributed by atoms with Gasteiger partial charge in [-0.2, -0.15) is 0 Å². The fourth-order valence-electron chi connectivity index (χ4n) is 6.11. The zero-order valence-electron chi connectivity index (χ0n) is 36.5. The summed E-state index contributed by atoms with van der Waals surface area (Å²) in [5, 5.41) is 17.5. The predicted octanol–water partition coefficient (Wildman–Crippen LogP) is 6.30. The number of halogens is 3. The summed E-state index contributed by atoms with van der Waals surface area (Å²) in [4.78, 5) is 117. The molecule has 0 amide bonds. The van der Waals surface area contributed by atoms with Crippen LogP contribution in [0.1, 0.15) is 42.0 Å². The number of nitrogens with one attached hydrogen (secondary N) is 7. The number of hydrogen-bond donors (Lipinski definition) is 9. The number of carboxylic acids is 2. The molecule has 0 atom stereocenters. The van der Waals surface area contributed by atoms with Crippen molar-refractivity contribution in [2.75, 3.05) is 14.2 Å². The van der Waals surface area contributed by atoms with Crippen molar-refractivity contribution in [1.29, 1.82) is 0 Å². The lowest BCUT2D eigenvalue weighted by Gasteiger charge is -1.98. The van der Waals surface area contributed by atoms with E-state index in [1.165, 1.54) is 52.2 Å². The average Bonchev–Trinajstić information content (AvgIpc) is 4.27. The number of fused-ring (bicyclic) bond motifs is 6. The smallest absolute Gasteiger partial charge is 0.358 e. The summed E-state index contributed by atoms with van der Waals surface area (Å²) in [6, 6.07) is 7.12. The van der Waals surface area contributed by atoms with Gasteiger partial charge in [-0.05, 0) is 72.1 Å². The van der Waals surface area contributed by atoms with E-state index in [4.69, 9.17) is 10.2 Å². The molecule has 0 fully saturated rings. The fraction of sp³-hybridized carbons (Fsp3) is 0.0476. The van der Waals surface area contributed by atoms with E-state index in [2.05, 4.69) is 147 Å². The Morgan fingerprint density at radius 2 is 0.819 bits per heavy atom. The lowest BCUT2D eigenvalue weighted by atomic mass is 10.3. The van der Waals surface area contributed by atoms with Crippen LogP contribution in [0.5, 0.6) is 0 Å². The van der Waals surface area contributed by atoms with Gasteiger partial charge in [0.25, 0.3) is 5.56 Å². The van der Waals surface area contributed by atoms with E-state index < -0.39 is 23.9 Å². The van der Waals surface area contributed by atoms with Gasteiger partial charge in [0.15, 0.2) is 22.8 Å². The number of esters is 2. The van der Waals surface area contributed by atoms with Gasteiger partial charge < -0.3 is 54.6 Å². The normalized spacial score (nSPS) is 10.4. The Morgan fingerprint density at radius 1 is 0.444 bits per heavy atom. The van der Waals surface area contributed by atoms with Crippen LogP contribution in [-0.4, -0.2) is 138 Å². The van der Waals surface area contributed by atoms with Crippen molar-refractivity contribution in [3.05, 3.63) is 146 Å². The monoisotopic (exact) mass is 1170 g/mol. The van der Waals surface area contributed by atoms with Gasteiger partial charge in [-0.25, -0.2) is 74.0 Å². The number of aromatic amines is 7. The molecule has 12 aromatic rings. The van der Waals surface area contributed by atoms with Gasteiger partial charge in [0.05, 0.1) is 79.1 Å². The van der Waals surface area contributed by atoms with Crippen molar-refractivity contribution in [2.24, 2.45) is 0 Å². The molecule has 0 aromatic carbocycles. The third-order valence-corrected chi connectivity index (χ3v) is 11.1. The number of H-pyrrole nitrogens is 7. The summed E-state index contributed by atoms with van der Waals surface area (Å²) in [6.45, 7) is 0. The molecule has 0 unspecified atom stereocenters. The molecule has 0 aliphatic carbocycles. The SMILES string of the molecule is Brc1ncnc2cc[nH]c12.COC(=O)c1ncnc2c(Br)c[nH]c12.COC(=O)c1ncnc2cc[nH]c12.O=C(O)c1ncnc2c(Br)c[nH]c12.O=C(O)c1ncnc2cc[nH]c12.O=c1[nH]cnc2cc[nH]c12. The number of carbonyl (C=O) groups excluding carboxylic acids is 2. The molecule has 0 radical (unpaired) electrons. The molecule has 364 valence electrons. The number of aromatic carboxylic acids is 2. The Morgan fingerprint density at radius 3 is 1.29 bits per heavy atom. The van der Waals surface area contributed by atoms with E-state index in [-0.39, 0.29) is 28.3 Å². The van der Waals surface area contributed by atoms with E-state index in [9.17, 15) is 24.0 Å². The molecule has 30 heteroatoms. The number of carboxylic acid groups (broad SMARTS) is 2. The number of aromatic nitrogens is 18. The fourth-order valence-corrected chi connectivity index (χ4v) is 7.35. The molecule has 12 heterocycles. The van der Waals surface area contributed by atoms with Crippen LogP contribution in [0.2, 0.25) is 0 Å². The average molecular weight is 1170 g/mol. The highest BCUT2D eigenvalue weighted by Gasteiger charge is 2.16. The van der Waals surface area contributed by atoms with E-state index in [0.29, 0.717) is 55.2 Å². The van der Waals surface area contributed by atoms with E-state index >= 15 is 0 Å². The minimum absolute atomic E-state index is 0.00463. The first-order valence-electron chi connectivity index (χ1n) is 19.9. The van der Waals surface area contributed by atoms with Crippen LogP contribution in [-0.2, 0) is 9.47 Å². The van der Waals surface area contributed by atoms with Crippen molar-refractivity contribution in [3.8, 4) is 0 Å². The van der Waals surface area contributed by atoms with E-state index in [0.717, 1.165) is 24.6 Å². The third kappa shape index (κ3) is 11.6. The van der Waals surface area contributed by atoms with Gasteiger partial charge in [-0.3, -0.25) is 4.79 Å². The number of carbonyl (C=O) groups is 4. The van der Waals surface area contributed by atoms with Gasteiger partial charge in [0.1, 0.15) is 52.8 Å². The number of methoxy groups -OCH3 is 2. The van der Waals surface area contributed by atoms with Crippen molar-refractivity contribution in [3.63, 3.8) is 0 Å². The Hall–Kier alpha value is -9.16. The van der Waals surface area contributed by atoms with Crippen molar-refractivity contribution < 1.29 is 38.9 Å².